The molecule has 1 atom stereocenters. The Labute approximate surface area is 117 Å². The third-order valence-electron chi connectivity index (χ3n) is 2.99. The largest absolute Gasteiger partial charge is 0.384 e. The lowest BCUT2D eigenvalue weighted by Crippen LogP contribution is -2.34. The van der Waals surface area contributed by atoms with Crippen LogP contribution in [0.25, 0.3) is 0 Å². The smallest absolute Gasteiger partial charge is 0.241 e. The number of nitrogens with one attached hydrogen (secondary N) is 1. The highest BCUT2D eigenvalue weighted by molar-refractivity contribution is 8.01. The topological polar surface area (TPSA) is 62.2 Å². The van der Waals surface area contributed by atoms with Crippen LogP contribution in [-0.4, -0.2) is 33.1 Å². The molecule has 0 saturated carbocycles. The number of thioether (sulfide) groups is 1. The number of rotatable bonds is 2. The van der Waals surface area contributed by atoms with E-state index in [0.717, 1.165) is 18.6 Å². The molecule has 2 rings (SSSR count). The van der Waals surface area contributed by atoms with Crippen LogP contribution in [0.3, 0.4) is 0 Å². The first-order valence-electron chi connectivity index (χ1n) is 6.16. The monoisotopic (exact) mass is 276 g/mol. The van der Waals surface area contributed by atoms with Gasteiger partial charge < -0.3 is 10.4 Å². The Morgan fingerprint density at radius 2 is 2.47 bits per heavy atom. The molecule has 100 valence electrons. The van der Waals surface area contributed by atoms with Crippen LogP contribution in [0.15, 0.2) is 18.2 Å². The van der Waals surface area contributed by atoms with Crippen molar-refractivity contribution in [2.24, 2.45) is 0 Å². The standard InChI is InChI=1S/C14H16N2O2S/c1-14(8-4-10-19-14)13(18)16-12-7-2-5-11(15-12)6-3-9-17/h2,5,7,17H,4,8-10H2,1H3,(H,15,16,18). The molecule has 1 aliphatic heterocycles. The molecule has 19 heavy (non-hydrogen) atoms. The van der Waals surface area contributed by atoms with Crippen LogP contribution in [0.2, 0.25) is 0 Å². The number of anilines is 1. The van der Waals surface area contributed by atoms with Gasteiger partial charge in [-0.05, 0) is 43.6 Å². The molecule has 1 unspecified atom stereocenters. The van der Waals surface area contributed by atoms with Gasteiger partial charge in [0.15, 0.2) is 0 Å². The maximum atomic E-state index is 12.2. The van der Waals surface area contributed by atoms with Crippen molar-refractivity contribution in [2.45, 2.75) is 24.5 Å². The lowest BCUT2D eigenvalue weighted by molar-refractivity contribution is -0.118. The molecule has 1 aromatic heterocycles. The molecule has 0 bridgehead atoms. The second-order valence-electron chi connectivity index (χ2n) is 4.50. The molecule has 1 aliphatic rings. The third kappa shape index (κ3) is 3.49. The van der Waals surface area contributed by atoms with Gasteiger partial charge in [0.25, 0.3) is 0 Å². The van der Waals surface area contributed by atoms with Gasteiger partial charge in [-0.25, -0.2) is 4.98 Å². The third-order valence-corrected chi connectivity index (χ3v) is 4.50. The van der Waals surface area contributed by atoms with E-state index in [4.69, 9.17) is 5.11 Å². The highest BCUT2D eigenvalue weighted by Gasteiger charge is 2.37. The molecule has 2 heterocycles. The quantitative estimate of drug-likeness (QED) is 0.806. The van der Waals surface area contributed by atoms with Crippen molar-refractivity contribution < 1.29 is 9.90 Å². The number of hydrogen-bond acceptors (Lipinski definition) is 4. The average molecular weight is 276 g/mol. The number of pyridine rings is 1. The van der Waals surface area contributed by atoms with Crippen molar-refractivity contribution >= 4 is 23.5 Å². The van der Waals surface area contributed by atoms with Crippen molar-refractivity contribution in [2.75, 3.05) is 17.7 Å². The molecule has 1 aromatic rings. The summed E-state index contributed by atoms with van der Waals surface area (Å²) in [5.74, 6) is 6.78. The second kappa shape index (κ2) is 6.09. The maximum absolute atomic E-state index is 12.2. The number of hydrogen-bond donors (Lipinski definition) is 2. The SMILES string of the molecule is CC1(C(=O)Nc2cccc(C#CCO)n2)CCCS1. The van der Waals surface area contributed by atoms with Gasteiger partial charge in [-0.1, -0.05) is 12.0 Å². The molecule has 0 aliphatic carbocycles. The summed E-state index contributed by atoms with van der Waals surface area (Å²) in [6.45, 7) is 1.77. The summed E-state index contributed by atoms with van der Waals surface area (Å²) >= 11 is 1.69. The molecule has 4 nitrogen and oxygen atoms in total. The number of aromatic nitrogens is 1. The van der Waals surface area contributed by atoms with Gasteiger partial charge in [0.2, 0.25) is 5.91 Å². The normalized spacial score (nSPS) is 21.6. The summed E-state index contributed by atoms with van der Waals surface area (Å²) in [5, 5.41) is 11.5. The fourth-order valence-corrected chi connectivity index (χ4v) is 3.12. The Kier molecular flexibility index (Phi) is 4.46. The number of aliphatic hydroxyl groups excluding tert-OH is 1. The number of aliphatic hydroxyl groups is 1. The van der Waals surface area contributed by atoms with Gasteiger partial charge in [-0.3, -0.25) is 4.79 Å². The Morgan fingerprint density at radius 1 is 1.63 bits per heavy atom. The van der Waals surface area contributed by atoms with Gasteiger partial charge in [-0.2, -0.15) is 0 Å². The van der Waals surface area contributed by atoms with E-state index in [0.29, 0.717) is 11.5 Å². The Balaban J connectivity index is 2.08. The number of carbonyl (C=O) groups is 1. The molecule has 2 N–H and O–H groups in total. The van der Waals surface area contributed by atoms with Crippen LogP contribution in [0.1, 0.15) is 25.5 Å². The molecule has 0 radical (unpaired) electrons. The summed E-state index contributed by atoms with van der Waals surface area (Å²) in [4.78, 5) is 16.4. The Morgan fingerprint density at radius 3 is 3.16 bits per heavy atom. The van der Waals surface area contributed by atoms with E-state index in [-0.39, 0.29) is 17.3 Å². The van der Waals surface area contributed by atoms with Crippen LogP contribution in [0, 0.1) is 11.8 Å². The fourth-order valence-electron chi connectivity index (χ4n) is 1.91. The first-order valence-corrected chi connectivity index (χ1v) is 7.15. The van der Waals surface area contributed by atoms with Crippen molar-refractivity contribution in [3.63, 3.8) is 0 Å². The van der Waals surface area contributed by atoms with E-state index in [9.17, 15) is 4.79 Å². The number of carbonyl (C=O) groups excluding carboxylic acids is 1. The zero-order chi connectivity index (χ0) is 13.7. The van der Waals surface area contributed by atoms with E-state index >= 15 is 0 Å². The minimum atomic E-state index is -0.353. The van der Waals surface area contributed by atoms with Crippen LogP contribution in [0.5, 0.6) is 0 Å². The van der Waals surface area contributed by atoms with Crippen molar-refractivity contribution in [1.82, 2.24) is 4.98 Å². The van der Waals surface area contributed by atoms with E-state index in [2.05, 4.69) is 22.1 Å². The number of amides is 1. The van der Waals surface area contributed by atoms with Gasteiger partial charge >= 0.3 is 0 Å². The predicted molar refractivity (Wildman–Crippen MR) is 76.9 cm³/mol. The molecule has 1 saturated heterocycles. The molecule has 0 aromatic carbocycles. The van der Waals surface area contributed by atoms with E-state index in [1.54, 1.807) is 30.0 Å². The summed E-state index contributed by atoms with van der Waals surface area (Å²) in [6.07, 6.45) is 1.97. The van der Waals surface area contributed by atoms with Gasteiger partial charge in [0.1, 0.15) is 18.1 Å². The summed E-state index contributed by atoms with van der Waals surface area (Å²) in [7, 11) is 0. The average Bonchev–Trinajstić information content (AvgIpc) is 2.85. The summed E-state index contributed by atoms with van der Waals surface area (Å²) in [6, 6.07) is 5.27. The van der Waals surface area contributed by atoms with Crippen molar-refractivity contribution in [3.8, 4) is 11.8 Å². The van der Waals surface area contributed by atoms with Gasteiger partial charge in [-0.15, -0.1) is 11.8 Å². The minimum absolute atomic E-state index is 0.00485. The summed E-state index contributed by atoms with van der Waals surface area (Å²) in [5.41, 5.74) is 0.538. The lowest BCUT2D eigenvalue weighted by atomic mass is 10.1. The molecule has 5 heteroatoms. The van der Waals surface area contributed by atoms with Crippen LogP contribution in [-0.2, 0) is 4.79 Å². The highest BCUT2D eigenvalue weighted by Crippen LogP contribution is 2.38. The van der Waals surface area contributed by atoms with Crippen LogP contribution >= 0.6 is 11.8 Å². The predicted octanol–water partition coefficient (Wildman–Crippen LogP) is 1.65. The molecular formula is C14H16N2O2S. The van der Waals surface area contributed by atoms with Crippen molar-refractivity contribution in [1.29, 1.82) is 0 Å². The molecule has 1 fully saturated rings. The Hall–Kier alpha value is -1.51. The second-order valence-corrected chi connectivity index (χ2v) is 6.10. The van der Waals surface area contributed by atoms with E-state index in [1.165, 1.54) is 0 Å². The minimum Gasteiger partial charge on any atom is -0.384 e. The first-order chi connectivity index (χ1) is 9.14. The first kappa shape index (κ1) is 13.9. The molecule has 1 amide bonds. The summed E-state index contributed by atoms with van der Waals surface area (Å²) < 4.78 is -0.353. The Bertz CT molecular complexity index is 528. The van der Waals surface area contributed by atoms with Gasteiger partial charge in [0, 0.05) is 0 Å². The van der Waals surface area contributed by atoms with Crippen LogP contribution < -0.4 is 5.32 Å². The maximum Gasteiger partial charge on any atom is 0.241 e. The van der Waals surface area contributed by atoms with Gasteiger partial charge in [0.05, 0.1) is 4.75 Å². The molecule has 0 spiro atoms. The fraction of sp³-hybridized carbons (Fsp3) is 0.429. The highest BCUT2D eigenvalue weighted by atomic mass is 32.2. The molecular weight excluding hydrogens is 260 g/mol. The lowest BCUT2D eigenvalue weighted by Gasteiger charge is -2.21. The zero-order valence-electron chi connectivity index (χ0n) is 10.8. The van der Waals surface area contributed by atoms with E-state index < -0.39 is 0 Å². The van der Waals surface area contributed by atoms with Crippen molar-refractivity contribution in [3.05, 3.63) is 23.9 Å². The van der Waals surface area contributed by atoms with E-state index in [1.807, 2.05) is 6.92 Å². The van der Waals surface area contributed by atoms with Crippen LogP contribution in [0.4, 0.5) is 5.82 Å². The zero-order valence-corrected chi connectivity index (χ0v) is 11.6. The number of nitrogens with zero attached hydrogens (tertiary/aromatic N) is 1.